The Labute approximate surface area is 98.6 Å². The molecule has 0 heterocycles. The molecule has 0 saturated carbocycles. The molecule has 0 saturated heterocycles. The van der Waals surface area contributed by atoms with Crippen LogP contribution < -0.4 is 0 Å². The molecule has 3 nitrogen and oxygen atoms in total. The van der Waals surface area contributed by atoms with E-state index in [2.05, 4.69) is 6.58 Å². The van der Waals surface area contributed by atoms with E-state index in [1.807, 2.05) is 0 Å². The van der Waals surface area contributed by atoms with Crippen LogP contribution in [-0.4, -0.2) is 25.8 Å². The van der Waals surface area contributed by atoms with Crippen molar-refractivity contribution in [3.63, 3.8) is 0 Å². The number of ketones is 1. The van der Waals surface area contributed by atoms with Gasteiger partial charge in [0.1, 0.15) is 10.1 Å². The monoisotopic (exact) mass is 250 g/mol. The van der Waals surface area contributed by atoms with Crippen LogP contribution in [0.25, 0.3) is 0 Å². The second-order valence-corrected chi connectivity index (χ2v) is 3.90. The van der Waals surface area contributed by atoms with E-state index in [0.29, 0.717) is 6.42 Å². The first kappa shape index (κ1) is 12.7. The fraction of sp³-hybridized carbons (Fsp3) is 0.500. The van der Waals surface area contributed by atoms with Crippen molar-refractivity contribution in [3.8, 4) is 0 Å². The lowest BCUT2D eigenvalue weighted by Gasteiger charge is -2.31. The first-order valence-electron chi connectivity index (χ1n) is 4.36. The molecule has 0 fully saturated rings. The number of carbonyl (C=O) groups excluding carboxylic acids is 1. The maximum atomic E-state index is 11.8. The van der Waals surface area contributed by atoms with Gasteiger partial charge in [-0.15, -0.1) is 6.58 Å². The number of hydrogen-bond donors (Lipinski definition) is 0. The van der Waals surface area contributed by atoms with Gasteiger partial charge >= 0.3 is 0 Å². The van der Waals surface area contributed by atoms with Crippen molar-refractivity contribution >= 4 is 29.0 Å². The van der Waals surface area contributed by atoms with Gasteiger partial charge in [0.05, 0.1) is 5.92 Å². The van der Waals surface area contributed by atoms with Gasteiger partial charge in [-0.05, 0) is 6.42 Å². The molecule has 5 heteroatoms. The number of Topliss-reactive ketones (excluding diaryl/α,β-unsaturated/α-hetero) is 1. The molecule has 0 spiro atoms. The maximum Gasteiger partial charge on any atom is 0.217 e. The first-order valence-corrected chi connectivity index (χ1v) is 5.11. The summed E-state index contributed by atoms with van der Waals surface area (Å²) in [5, 5.41) is 0.0817. The van der Waals surface area contributed by atoms with Crippen molar-refractivity contribution in [3.05, 3.63) is 22.7 Å². The third-order valence-corrected chi connectivity index (χ3v) is 3.42. The van der Waals surface area contributed by atoms with Crippen molar-refractivity contribution in [2.24, 2.45) is 5.92 Å². The number of hydrogen-bond acceptors (Lipinski definition) is 3. The van der Waals surface area contributed by atoms with Crippen molar-refractivity contribution in [2.45, 2.75) is 12.2 Å². The van der Waals surface area contributed by atoms with Crippen LogP contribution in [0.2, 0.25) is 0 Å². The quantitative estimate of drug-likeness (QED) is 0.568. The predicted molar refractivity (Wildman–Crippen MR) is 58.8 cm³/mol. The molecule has 0 radical (unpaired) electrons. The highest BCUT2D eigenvalue weighted by Gasteiger charge is 2.54. The predicted octanol–water partition coefficient (Wildman–Crippen LogP) is 2.44. The zero-order chi connectivity index (χ0) is 11.6. The average Bonchev–Trinajstić information content (AvgIpc) is 2.43. The number of allylic oxidation sites excluding steroid dienone is 2. The molecule has 84 valence electrons. The van der Waals surface area contributed by atoms with Gasteiger partial charge in [-0.1, -0.05) is 29.3 Å². The second kappa shape index (κ2) is 4.66. The second-order valence-electron chi connectivity index (χ2n) is 3.14. The van der Waals surface area contributed by atoms with E-state index in [-0.39, 0.29) is 15.8 Å². The number of halogens is 2. The molecule has 0 aliphatic heterocycles. The van der Waals surface area contributed by atoms with E-state index in [1.165, 1.54) is 14.2 Å². The highest BCUT2D eigenvalue weighted by atomic mass is 35.5. The van der Waals surface area contributed by atoms with E-state index >= 15 is 0 Å². The molecule has 0 amide bonds. The van der Waals surface area contributed by atoms with Crippen molar-refractivity contribution in [1.29, 1.82) is 0 Å². The van der Waals surface area contributed by atoms with Crippen molar-refractivity contribution in [2.75, 3.05) is 14.2 Å². The van der Waals surface area contributed by atoms with E-state index < -0.39 is 11.7 Å². The number of methoxy groups -OCH3 is 2. The van der Waals surface area contributed by atoms with Gasteiger partial charge in [-0.25, -0.2) is 0 Å². The van der Waals surface area contributed by atoms with Gasteiger partial charge in [0, 0.05) is 14.2 Å². The minimum Gasteiger partial charge on any atom is -0.348 e. The first-order chi connectivity index (χ1) is 7.05. The summed E-state index contributed by atoms with van der Waals surface area (Å²) >= 11 is 11.7. The van der Waals surface area contributed by atoms with Crippen molar-refractivity contribution in [1.82, 2.24) is 0 Å². The van der Waals surface area contributed by atoms with E-state index in [9.17, 15) is 4.79 Å². The number of ether oxygens (including phenoxy) is 2. The molecule has 1 atom stereocenters. The Balaban J connectivity index is 3.19. The topological polar surface area (TPSA) is 35.5 Å². The fourth-order valence-electron chi connectivity index (χ4n) is 1.72. The van der Waals surface area contributed by atoms with Crippen LogP contribution in [0.3, 0.4) is 0 Å². The van der Waals surface area contributed by atoms with E-state index in [0.717, 1.165) is 0 Å². The summed E-state index contributed by atoms with van der Waals surface area (Å²) in [5.74, 6) is -2.10. The summed E-state index contributed by atoms with van der Waals surface area (Å²) in [6.07, 6.45) is 2.00. The van der Waals surface area contributed by atoms with Gasteiger partial charge in [0.25, 0.3) is 0 Å². The Morgan fingerprint density at radius 2 is 2.00 bits per heavy atom. The van der Waals surface area contributed by atoms with Crippen LogP contribution in [0.5, 0.6) is 0 Å². The van der Waals surface area contributed by atoms with Crippen LogP contribution in [0.1, 0.15) is 6.42 Å². The lowest BCUT2D eigenvalue weighted by atomic mass is 9.96. The molecule has 0 aromatic heterocycles. The molecule has 1 aliphatic rings. The molecule has 1 rings (SSSR count). The Bertz CT molecular complexity index is 319. The molecule has 0 aromatic carbocycles. The normalized spacial score (nSPS) is 24.8. The molecule has 15 heavy (non-hydrogen) atoms. The Morgan fingerprint density at radius 3 is 2.40 bits per heavy atom. The smallest absolute Gasteiger partial charge is 0.217 e. The molecule has 1 aliphatic carbocycles. The Hall–Kier alpha value is -0.350. The van der Waals surface area contributed by atoms with E-state index in [1.54, 1.807) is 6.08 Å². The number of rotatable bonds is 4. The summed E-state index contributed by atoms with van der Waals surface area (Å²) in [5.41, 5.74) is 0. The van der Waals surface area contributed by atoms with Gasteiger partial charge in [-0.3, -0.25) is 4.79 Å². The van der Waals surface area contributed by atoms with Gasteiger partial charge < -0.3 is 9.47 Å². The van der Waals surface area contributed by atoms with Crippen LogP contribution in [-0.2, 0) is 14.3 Å². The molecular formula is C10H12Cl2O3. The van der Waals surface area contributed by atoms with Crippen molar-refractivity contribution < 1.29 is 14.3 Å². The summed E-state index contributed by atoms with van der Waals surface area (Å²) in [7, 11) is 2.84. The Kier molecular flexibility index (Phi) is 3.95. The minimum atomic E-state index is -1.26. The highest BCUT2D eigenvalue weighted by molar-refractivity contribution is 6.50. The van der Waals surface area contributed by atoms with Gasteiger partial charge in [0.15, 0.2) is 5.78 Å². The molecule has 0 N–H and O–H groups in total. The maximum absolute atomic E-state index is 11.8. The number of carbonyl (C=O) groups is 1. The molecule has 0 aromatic rings. The van der Waals surface area contributed by atoms with Crippen LogP contribution >= 0.6 is 23.2 Å². The van der Waals surface area contributed by atoms with Gasteiger partial charge in [-0.2, -0.15) is 0 Å². The van der Waals surface area contributed by atoms with Crippen LogP contribution in [0.15, 0.2) is 22.7 Å². The fourth-order valence-corrected chi connectivity index (χ4v) is 2.36. The lowest BCUT2D eigenvalue weighted by molar-refractivity contribution is -0.200. The van der Waals surface area contributed by atoms with Crippen LogP contribution in [0.4, 0.5) is 0 Å². The summed E-state index contributed by atoms with van der Waals surface area (Å²) in [6, 6.07) is 0. The zero-order valence-corrected chi connectivity index (χ0v) is 10.1. The zero-order valence-electron chi connectivity index (χ0n) is 8.55. The summed E-state index contributed by atoms with van der Waals surface area (Å²) in [4.78, 5) is 11.8. The minimum absolute atomic E-state index is 0.0211. The standard InChI is InChI=1S/C10H12Cl2O3/c1-4-5-6-8(13)7(11)9(12)10(6,14-2)15-3/h4,6H,1,5H2,2-3H3/t6-/m0/s1. The lowest BCUT2D eigenvalue weighted by Crippen LogP contribution is -2.41. The largest absolute Gasteiger partial charge is 0.348 e. The molecule has 0 bridgehead atoms. The Morgan fingerprint density at radius 1 is 1.47 bits per heavy atom. The third-order valence-electron chi connectivity index (χ3n) is 2.50. The summed E-state index contributed by atoms with van der Waals surface area (Å²) < 4.78 is 10.4. The highest BCUT2D eigenvalue weighted by Crippen LogP contribution is 2.46. The SMILES string of the molecule is C=CC[C@H]1C(=O)C(Cl)=C(Cl)C1(OC)OC. The molecular weight excluding hydrogens is 239 g/mol. The van der Waals surface area contributed by atoms with Gasteiger partial charge in [0.2, 0.25) is 5.79 Å². The van der Waals surface area contributed by atoms with Crippen LogP contribution in [0, 0.1) is 5.92 Å². The van der Waals surface area contributed by atoms with E-state index in [4.69, 9.17) is 32.7 Å². The average molecular weight is 251 g/mol. The summed E-state index contributed by atoms with van der Waals surface area (Å²) in [6.45, 7) is 3.57. The third kappa shape index (κ3) is 1.74. The molecule has 0 unspecified atom stereocenters.